The maximum absolute atomic E-state index is 13.9. The molecule has 3 nitrogen and oxygen atoms in total. The first-order valence-electron chi connectivity index (χ1n) is 12.9. The molecular weight excluding hydrogens is 450 g/mol. The van der Waals surface area contributed by atoms with Gasteiger partial charge in [0.25, 0.3) is 0 Å². The number of Topliss-reactive ketones (excluding diaryl/α,β-unsaturated/α-hetero) is 1. The molecule has 0 unspecified atom stereocenters. The number of carbonyl (C=O) groups is 1. The van der Waals surface area contributed by atoms with Crippen LogP contribution in [-0.2, 0) is 28.7 Å². The summed E-state index contributed by atoms with van der Waals surface area (Å²) < 4.78 is 13.2. The Morgan fingerprint density at radius 2 is 1.37 bits per heavy atom. The van der Waals surface area contributed by atoms with Crippen molar-refractivity contribution in [3.05, 3.63) is 102 Å². The number of hydrogen-bond donors (Lipinski definition) is 0. The van der Waals surface area contributed by atoms with Crippen LogP contribution in [0.2, 0.25) is 0 Å². The minimum absolute atomic E-state index is 0.0700. The Morgan fingerprint density at radius 1 is 0.829 bits per heavy atom. The summed E-state index contributed by atoms with van der Waals surface area (Å²) in [5, 5.41) is 0. The molecule has 0 aromatic heterocycles. The molecule has 3 aromatic carbocycles. The highest BCUT2D eigenvalue weighted by Crippen LogP contribution is 2.30. The normalized spacial score (nSPS) is 16.2. The van der Waals surface area contributed by atoms with Gasteiger partial charge in [-0.25, -0.2) is 0 Å². The van der Waals surface area contributed by atoms with Crippen LogP contribution >= 0.6 is 0 Å². The fourth-order valence-corrected chi connectivity index (χ4v) is 6.19. The molecule has 1 saturated carbocycles. The second-order valence-corrected chi connectivity index (χ2v) is 11.4. The van der Waals surface area contributed by atoms with Crippen LogP contribution in [0.15, 0.2) is 89.8 Å². The number of aryl methyl sites for hydroxylation is 1. The highest BCUT2D eigenvalue weighted by atomic mass is 32.2. The highest BCUT2D eigenvalue weighted by molar-refractivity contribution is 7.85. The summed E-state index contributed by atoms with van der Waals surface area (Å²) in [4.78, 5) is 16.9. The minimum Gasteiger partial charge on any atom is -0.297 e. The molecule has 0 N–H and O–H groups in total. The lowest BCUT2D eigenvalue weighted by Gasteiger charge is -2.34. The lowest BCUT2D eigenvalue weighted by molar-refractivity contribution is -0.123. The molecule has 4 heteroatoms. The molecule has 1 aliphatic carbocycles. The predicted octanol–water partition coefficient (Wildman–Crippen LogP) is 6.71. The third-order valence-corrected chi connectivity index (χ3v) is 8.45. The van der Waals surface area contributed by atoms with Gasteiger partial charge in [-0.05, 0) is 42.5 Å². The average Bonchev–Trinajstić information content (AvgIpc) is 2.89. The zero-order chi connectivity index (χ0) is 24.5. The molecule has 1 fully saturated rings. The number of benzene rings is 3. The molecule has 184 valence electrons. The van der Waals surface area contributed by atoms with E-state index in [0.29, 0.717) is 19.0 Å². The van der Waals surface area contributed by atoms with Crippen molar-refractivity contribution in [2.24, 2.45) is 5.92 Å². The quantitative estimate of drug-likeness (QED) is 0.301. The molecule has 0 spiro atoms. The fraction of sp³-hybridized carbons (Fsp3) is 0.387. The van der Waals surface area contributed by atoms with E-state index >= 15 is 0 Å². The van der Waals surface area contributed by atoms with Crippen molar-refractivity contribution < 1.29 is 9.00 Å². The summed E-state index contributed by atoms with van der Waals surface area (Å²) >= 11 is 0. The van der Waals surface area contributed by atoms with Crippen LogP contribution in [0.25, 0.3) is 0 Å². The number of ketones is 1. The first kappa shape index (κ1) is 25.5. The van der Waals surface area contributed by atoms with Gasteiger partial charge < -0.3 is 0 Å². The molecule has 0 aliphatic heterocycles. The Kier molecular flexibility index (Phi) is 9.44. The van der Waals surface area contributed by atoms with Crippen molar-refractivity contribution in [1.82, 2.24) is 4.90 Å². The van der Waals surface area contributed by atoms with E-state index in [1.807, 2.05) is 43.3 Å². The van der Waals surface area contributed by atoms with E-state index in [-0.39, 0.29) is 17.6 Å². The van der Waals surface area contributed by atoms with Gasteiger partial charge in [-0.3, -0.25) is 13.9 Å². The molecule has 0 radical (unpaired) electrons. The molecular formula is C31H37NO2S. The summed E-state index contributed by atoms with van der Waals surface area (Å²) in [7, 11) is -1.33. The van der Waals surface area contributed by atoms with E-state index in [2.05, 4.69) is 53.4 Å². The van der Waals surface area contributed by atoms with Crippen LogP contribution in [0, 0.1) is 12.8 Å². The van der Waals surface area contributed by atoms with Crippen LogP contribution in [0.4, 0.5) is 0 Å². The maximum atomic E-state index is 13.9. The van der Waals surface area contributed by atoms with Crippen LogP contribution in [0.1, 0.15) is 55.2 Å². The van der Waals surface area contributed by atoms with Crippen molar-refractivity contribution in [2.45, 2.75) is 69.5 Å². The smallest absolute Gasteiger partial charge is 0.162 e. The van der Waals surface area contributed by atoms with Crippen LogP contribution in [0.3, 0.4) is 0 Å². The molecule has 0 heterocycles. The van der Waals surface area contributed by atoms with Crippen LogP contribution in [0.5, 0.6) is 0 Å². The Hall–Kier alpha value is -2.56. The summed E-state index contributed by atoms with van der Waals surface area (Å²) in [6, 6.07) is 28.3. The molecule has 1 aliphatic rings. The fourth-order valence-electron chi connectivity index (χ4n) is 5.13. The van der Waals surface area contributed by atoms with Gasteiger partial charge in [0.05, 0.1) is 22.6 Å². The molecule has 4 rings (SSSR count). The molecule has 35 heavy (non-hydrogen) atoms. The van der Waals surface area contributed by atoms with Crippen molar-refractivity contribution in [3.63, 3.8) is 0 Å². The van der Waals surface area contributed by atoms with Gasteiger partial charge in [0.1, 0.15) is 0 Å². The van der Waals surface area contributed by atoms with Gasteiger partial charge in [-0.15, -0.1) is 0 Å². The topological polar surface area (TPSA) is 37.4 Å². The zero-order valence-electron chi connectivity index (χ0n) is 20.8. The first-order chi connectivity index (χ1) is 17.1. The second-order valence-electron chi connectivity index (χ2n) is 9.90. The van der Waals surface area contributed by atoms with E-state index in [1.165, 1.54) is 43.2 Å². The maximum Gasteiger partial charge on any atom is 0.162 e. The lowest BCUT2D eigenvalue weighted by atomic mass is 9.83. The summed E-state index contributed by atoms with van der Waals surface area (Å²) in [6.07, 6.45) is 7.02. The Labute approximate surface area is 213 Å². The van der Waals surface area contributed by atoms with Gasteiger partial charge in [0.15, 0.2) is 5.78 Å². The Bertz CT molecular complexity index is 1030. The largest absolute Gasteiger partial charge is 0.297 e. The van der Waals surface area contributed by atoms with E-state index in [0.717, 1.165) is 16.9 Å². The molecule has 0 saturated heterocycles. The number of hydrogen-bond acceptors (Lipinski definition) is 3. The molecule has 0 bridgehead atoms. The van der Waals surface area contributed by atoms with E-state index in [9.17, 15) is 9.00 Å². The van der Waals surface area contributed by atoms with Crippen molar-refractivity contribution >= 4 is 16.6 Å². The highest BCUT2D eigenvalue weighted by Gasteiger charge is 2.31. The van der Waals surface area contributed by atoms with E-state index in [4.69, 9.17) is 0 Å². The van der Waals surface area contributed by atoms with Gasteiger partial charge in [-0.2, -0.15) is 0 Å². The third kappa shape index (κ3) is 7.71. The number of carbonyl (C=O) groups excluding carboxylic acids is 1. The Morgan fingerprint density at radius 3 is 1.91 bits per heavy atom. The first-order valence-corrected chi connectivity index (χ1v) is 14.2. The standard InChI is InChI=1S/C31H37NO2S/c1-25-17-19-29(20-18-25)35(34)24-31(33)30(21-26-11-5-2-6-12-26)32(22-27-13-7-3-8-14-27)23-28-15-9-4-10-16-28/h3-4,7-10,13-20,26,30H,2,5-6,11-12,21-24H2,1H3/t30-,35+/m0/s1. The summed E-state index contributed by atoms with van der Waals surface area (Å²) in [5.74, 6) is 0.724. The van der Waals surface area contributed by atoms with Gasteiger partial charge >= 0.3 is 0 Å². The Balaban J connectivity index is 1.59. The number of rotatable bonds is 11. The monoisotopic (exact) mass is 487 g/mol. The third-order valence-electron chi connectivity index (χ3n) is 7.11. The van der Waals surface area contributed by atoms with Crippen molar-refractivity contribution in [2.75, 3.05) is 5.75 Å². The zero-order valence-corrected chi connectivity index (χ0v) is 21.6. The average molecular weight is 488 g/mol. The minimum atomic E-state index is -1.33. The second kappa shape index (κ2) is 12.9. The SMILES string of the molecule is Cc1ccc([S@](=O)CC(=O)[C@H](CC2CCCCC2)N(Cc2ccccc2)Cc2ccccc2)cc1. The van der Waals surface area contributed by atoms with Gasteiger partial charge in [0, 0.05) is 18.0 Å². The van der Waals surface area contributed by atoms with Crippen molar-refractivity contribution in [3.8, 4) is 0 Å². The molecule has 3 aromatic rings. The van der Waals surface area contributed by atoms with Gasteiger partial charge in [0.2, 0.25) is 0 Å². The summed E-state index contributed by atoms with van der Waals surface area (Å²) in [5.41, 5.74) is 3.53. The van der Waals surface area contributed by atoms with Crippen LogP contribution < -0.4 is 0 Å². The number of nitrogens with zero attached hydrogens (tertiary/aromatic N) is 1. The molecule has 0 amide bonds. The van der Waals surface area contributed by atoms with E-state index in [1.54, 1.807) is 0 Å². The van der Waals surface area contributed by atoms with Crippen molar-refractivity contribution in [1.29, 1.82) is 0 Å². The predicted molar refractivity (Wildman–Crippen MR) is 145 cm³/mol. The van der Waals surface area contributed by atoms with E-state index < -0.39 is 10.8 Å². The lowest BCUT2D eigenvalue weighted by Crippen LogP contribution is -2.43. The van der Waals surface area contributed by atoms with Gasteiger partial charge in [-0.1, -0.05) is 110 Å². The molecule has 2 atom stereocenters. The summed E-state index contributed by atoms with van der Waals surface area (Å²) in [6.45, 7) is 3.43. The van der Waals surface area contributed by atoms with Crippen LogP contribution in [-0.4, -0.2) is 26.7 Å².